The summed E-state index contributed by atoms with van der Waals surface area (Å²) in [4.78, 5) is 55.3. The van der Waals surface area contributed by atoms with Crippen LogP contribution in [0.15, 0.2) is 54.6 Å². The molecule has 0 N–H and O–H groups in total. The molecule has 2 heterocycles. The number of carbonyl (C=O) groups is 4. The number of anilines is 2. The summed E-state index contributed by atoms with van der Waals surface area (Å²) in [5.41, 5.74) is 1.97. The van der Waals surface area contributed by atoms with Crippen molar-refractivity contribution in [2.75, 3.05) is 16.3 Å². The van der Waals surface area contributed by atoms with Gasteiger partial charge in [0, 0.05) is 29.7 Å². The van der Waals surface area contributed by atoms with Crippen molar-refractivity contribution in [3.63, 3.8) is 0 Å². The molecule has 4 aliphatic carbocycles. The number of hydrogen-bond acceptors (Lipinski definition) is 5. The van der Waals surface area contributed by atoms with Gasteiger partial charge in [0.05, 0.1) is 23.4 Å². The molecule has 7 nitrogen and oxygen atoms in total. The normalized spacial score (nSPS) is 33.1. The highest BCUT2D eigenvalue weighted by Crippen LogP contribution is 2.65. The third-order valence-corrected chi connectivity index (χ3v) is 9.29. The number of amides is 3. The zero-order chi connectivity index (χ0) is 25.6. The molecular weight excluding hydrogens is 492 g/mol. The lowest BCUT2D eigenvalue weighted by Gasteiger charge is -2.37. The molecule has 0 aromatic heterocycles. The molecular formula is C29H25ClN2O5. The molecule has 8 rings (SSSR count). The first-order chi connectivity index (χ1) is 17.8. The number of hydrogen-bond donors (Lipinski definition) is 0. The van der Waals surface area contributed by atoms with Crippen LogP contribution in [-0.4, -0.2) is 30.2 Å². The van der Waals surface area contributed by atoms with Crippen LogP contribution >= 0.6 is 11.6 Å². The Hall–Kier alpha value is -3.45. The van der Waals surface area contributed by atoms with Crippen LogP contribution in [-0.2, 0) is 19.2 Å². The molecule has 7 atom stereocenters. The van der Waals surface area contributed by atoms with E-state index in [1.54, 1.807) is 35.2 Å². The largest absolute Gasteiger partial charge is 0.426 e. The molecule has 8 heteroatoms. The van der Waals surface area contributed by atoms with Crippen molar-refractivity contribution in [1.82, 2.24) is 0 Å². The fourth-order valence-electron chi connectivity index (χ4n) is 6.96. The fourth-order valence-corrected chi connectivity index (χ4v) is 7.14. The number of aryl methyl sites for hydroxylation is 1. The van der Waals surface area contributed by atoms with E-state index >= 15 is 0 Å². The summed E-state index contributed by atoms with van der Waals surface area (Å²) < 4.78 is 5.64. The molecule has 0 radical (unpaired) electrons. The highest BCUT2D eigenvalue weighted by molar-refractivity contribution is 6.31. The van der Waals surface area contributed by atoms with Gasteiger partial charge in [-0.2, -0.15) is 0 Å². The highest BCUT2D eigenvalue weighted by atomic mass is 35.5. The van der Waals surface area contributed by atoms with Gasteiger partial charge in [-0.05, 0) is 66.8 Å². The van der Waals surface area contributed by atoms with Crippen molar-refractivity contribution in [2.45, 2.75) is 19.8 Å². The van der Waals surface area contributed by atoms with E-state index in [1.807, 2.05) is 19.1 Å². The first-order valence-corrected chi connectivity index (χ1v) is 13.1. The Morgan fingerprint density at radius 3 is 2.32 bits per heavy atom. The molecule has 0 spiro atoms. The number of rotatable bonds is 4. The maximum absolute atomic E-state index is 13.4. The fraction of sp³-hybridized carbons (Fsp3) is 0.379. The van der Waals surface area contributed by atoms with Crippen LogP contribution in [0.1, 0.15) is 18.4 Å². The van der Waals surface area contributed by atoms with Crippen LogP contribution in [0.25, 0.3) is 0 Å². The lowest BCUT2D eigenvalue weighted by Crippen LogP contribution is -2.40. The maximum Gasteiger partial charge on any atom is 0.316 e. The summed E-state index contributed by atoms with van der Waals surface area (Å²) in [5, 5.41) is 0.555. The monoisotopic (exact) mass is 516 g/mol. The molecule has 2 saturated heterocycles. The van der Waals surface area contributed by atoms with E-state index in [-0.39, 0.29) is 60.1 Å². The zero-order valence-corrected chi connectivity index (χ0v) is 20.9. The summed E-state index contributed by atoms with van der Waals surface area (Å²) >= 11 is 6.22. The predicted molar refractivity (Wildman–Crippen MR) is 136 cm³/mol. The molecule has 2 bridgehead atoms. The SMILES string of the molecule is Cc1ccc(N2C[C@H](C(=O)Oc3cccc(N4C(=O)[C@@H]5[C@H]6C=C[C@@H]([C@@H]7C[C@@H]67)[C@@H]5C4=O)c3)CC2=O)cc1Cl. The van der Waals surface area contributed by atoms with Crippen molar-refractivity contribution in [2.24, 2.45) is 41.4 Å². The van der Waals surface area contributed by atoms with Crippen LogP contribution in [0.3, 0.4) is 0 Å². The summed E-state index contributed by atoms with van der Waals surface area (Å²) in [6.45, 7) is 2.08. The number of carbonyl (C=O) groups excluding carboxylic acids is 4. The van der Waals surface area contributed by atoms with Gasteiger partial charge in [-0.25, -0.2) is 4.90 Å². The second-order valence-electron chi connectivity index (χ2n) is 10.9. The second-order valence-corrected chi connectivity index (χ2v) is 11.3. The number of allylic oxidation sites excluding steroid dienone is 2. The van der Waals surface area contributed by atoms with Crippen LogP contribution in [0.5, 0.6) is 5.75 Å². The lowest BCUT2D eigenvalue weighted by atomic mass is 9.63. The average molecular weight is 517 g/mol. The molecule has 2 aliphatic heterocycles. The van der Waals surface area contributed by atoms with Crippen LogP contribution in [0, 0.1) is 48.3 Å². The van der Waals surface area contributed by atoms with Gasteiger partial charge in [-0.3, -0.25) is 19.2 Å². The second kappa shape index (κ2) is 8.02. The summed E-state index contributed by atoms with van der Waals surface area (Å²) in [6, 6.07) is 11.9. The van der Waals surface area contributed by atoms with Gasteiger partial charge in [0.2, 0.25) is 17.7 Å². The highest BCUT2D eigenvalue weighted by Gasteiger charge is 2.67. The van der Waals surface area contributed by atoms with Gasteiger partial charge >= 0.3 is 5.97 Å². The van der Waals surface area contributed by atoms with Gasteiger partial charge in [0.15, 0.2) is 0 Å². The Morgan fingerprint density at radius 1 is 0.946 bits per heavy atom. The van der Waals surface area contributed by atoms with Gasteiger partial charge in [-0.15, -0.1) is 0 Å². The number of ether oxygens (including phenoxy) is 1. The Bertz CT molecular complexity index is 1380. The Kier molecular flexibility index (Phi) is 4.93. The van der Waals surface area contributed by atoms with E-state index in [0.717, 1.165) is 12.0 Å². The molecule has 37 heavy (non-hydrogen) atoms. The van der Waals surface area contributed by atoms with Crippen molar-refractivity contribution < 1.29 is 23.9 Å². The van der Waals surface area contributed by atoms with E-state index in [4.69, 9.17) is 16.3 Å². The third kappa shape index (κ3) is 3.40. The Balaban J connectivity index is 1.07. The zero-order valence-electron chi connectivity index (χ0n) is 20.2. The van der Waals surface area contributed by atoms with Gasteiger partial charge < -0.3 is 9.64 Å². The molecule has 0 unspecified atom stereocenters. The minimum Gasteiger partial charge on any atom is -0.426 e. The first kappa shape index (κ1) is 22.7. The first-order valence-electron chi connectivity index (χ1n) is 12.8. The smallest absolute Gasteiger partial charge is 0.316 e. The van der Waals surface area contributed by atoms with E-state index in [0.29, 0.717) is 28.2 Å². The molecule has 3 amide bonds. The standard InChI is InChI=1S/C29H25ClN2O5/c1-14-5-6-16(11-23(14)30)31-13-15(9-24(31)33)29(36)37-18-4-2-3-17(10-18)32-27(34)25-19-7-8-20(22-12-21(19)22)26(25)28(32)35/h2-8,10-11,15,19-22,25-26H,9,12-13H2,1H3/t15-,19+,20+,21+,22+,25-,26+/m1/s1. The number of imide groups is 1. The van der Waals surface area contributed by atoms with Crippen molar-refractivity contribution in [1.29, 1.82) is 0 Å². The number of halogens is 1. The number of benzene rings is 2. The molecule has 4 fully saturated rings. The van der Waals surface area contributed by atoms with Crippen LogP contribution in [0.4, 0.5) is 11.4 Å². The molecule has 2 saturated carbocycles. The minimum atomic E-state index is -0.637. The van der Waals surface area contributed by atoms with Gasteiger partial charge in [0.1, 0.15) is 5.75 Å². The minimum absolute atomic E-state index is 0.0363. The van der Waals surface area contributed by atoms with E-state index < -0.39 is 11.9 Å². The van der Waals surface area contributed by atoms with Crippen molar-refractivity contribution >= 4 is 46.7 Å². The molecule has 2 aromatic rings. The average Bonchev–Trinajstić information content (AvgIpc) is 3.56. The Morgan fingerprint density at radius 2 is 1.65 bits per heavy atom. The molecule has 2 aromatic carbocycles. The lowest BCUT2D eigenvalue weighted by molar-refractivity contribution is -0.139. The van der Waals surface area contributed by atoms with Crippen LogP contribution in [0.2, 0.25) is 5.02 Å². The van der Waals surface area contributed by atoms with Gasteiger partial charge in [-0.1, -0.05) is 35.9 Å². The summed E-state index contributed by atoms with van der Waals surface area (Å²) in [7, 11) is 0. The topological polar surface area (TPSA) is 84.0 Å². The summed E-state index contributed by atoms with van der Waals surface area (Å²) in [6.07, 6.45) is 5.43. The molecule has 6 aliphatic rings. The van der Waals surface area contributed by atoms with Gasteiger partial charge in [0.25, 0.3) is 0 Å². The van der Waals surface area contributed by atoms with Crippen molar-refractivity contribution in [3.8, 4) is 5.75 Å². The number of esters is 1. The molecule has 188 valence electrons. The Labute approximate surface area is 219 Å². The maximum atomic E-state index is 13.4. The van der Waals surface area contributed by atoms with E-state index in [2.05, 4.69) is 12.2 Å². The van der Waals surface area contributed by atoms with E-state index in [9.17, 15) is 19.2 Å². The quantitative estimate of drug-likeness (QED) is 0.264. The third-order valence-electron chi connectivity index (χ3n) is 8.88. The van der Waals surface area contributed by atoms with Crippen molar-refractivity contribution in [3.05, 3.63) is 65.2 Å². The summed E-state index contributed by atoms with van der Waals surface area (Å²) in [5.74, 6) is -0.625. The van der Waals surface area contributed by atoms with E-state index in [1.165, 1.54) is 4.90 Å². The van der Waals surface area contributed by atoms with Crippen LogP contribution < -0.4 is 14.5 Å². The predicted octanol–water partition coefficient (Wildman–Crippen LogP) is 4.16. The number of nitrogens with zero attached hydrogens (tertiary/aromatic N) is 2.